The van der Waals surface area contributed by atoms with E-state index in [0.29, 0.717) is 35.7 Å². The predicted octanol–water partition coefficient (Wildman–Crippen LogP) is 1.60. The summed E-state index contributed by atoms with van der Waals surface area (Å²) in [5.74, 6) is -1.04. The first-order valence-corrected chi connectivity index (χ1v) is 8.80. The molecule has 0 atom stereocenters. The van der Waals surface area contributed by atoms with Gasteiger partial charge in [-0.3, -0.25) is 14.4 Å². The molecule has 0 heterocycles. The van der Waals surface area contributed by atoms with Crippen LogP contribution in [0.1, 0.15) is 27.1 Å². The molecule has 0 aliphatic carbocycles. The van der Waals surface area contributed by atoms with E-state index in [1.54, 1.807) is 55.6 Å². The lowest BCUT2D eigenvalue weighted by Crippen LogP contribution is -2.25. The van der Waals surface area contributed by atoms with Crippen LogP contribution in [0.3, 0.4) is 0 Å². The molecule has 0 aromatic heterocycles. The molecule has 0 spiro atoms. The van der Waals surface area contributed by atoms with E-state index < -0.39 is 5.91 Å². The molecule has 0 radical (unpaired) electrons. The normalized spacial score (nSPS) is 10.2. The molecule has 2 aromatic rings. The smallest absolute Gasteiger partial charge is 0.251 e. The number of methoxy groups -OCH3 is 1. The van der Waals surface area contributed by atoms with E-state index in [2.05, 4.69) is 16.0 Å². The van der Waals surface area contributed by atoms with Gasteiger partial charge in [0.1, 0.15) is 0 Å². The van der Waals surface area contributed by atoms with Gasteiger partial charge in [-0.05, 0) is 42.8 Å². The molecule has 2 aromatic carbocycles. The number of carbonyl (C=O) groups excluding carboxylic acids is 3. The average molecular weight is 384 g/mol. The highest BCUT2D eigenvalue weighted by Gasteiger charge is 2.08. The lowest BCUT2D eigenvalue weighted by Gasteiger charge is -2.10. The van der Waals surface area contributed by atoms with Crippen molar-refractivity contribution in [2.24, 2.45) is 5.73 Å². The third-order valence-electron chi connectivity index (χ3n) is 3.82. The molecule has 3 amide bonds. The van der Waals surface area contributed by atoms with Gasteiger partial charge in [0.2, 0.25) is 11.8 Å². The van der Waals surface area contributed by atoms with Crippen LogP contribution in [0.15, 0.2) is 48.5 Å². The number of hydrogen-bond donors (Lipinski definition) is 4. The maximum absolute atomic E-state index is 12.1. The summed E-state index contributed by atoms with van der Waals surface area (Å²) in [6.07, 6.45) is 0.724. The van der Waals surface area contributed by atoms with Crippen LogP contribution in [0.5, 0.6) is 0 Å². The standard InChI is InChI=1S/C20H24N4O4/c1-28-10-4-9-22-20(27)15-6-3-8-17(12-15)24-18(25)13-23-16-7-2-5-14(11-16)19(21)26/h2-3,5-8,11-12,23H,4,9-10,13H2,1H3,(H2,21,26)(H,22,27)(H,24,25). The minimum absolute atomic E-state index is 0.00431. The van der Waals surface area contributed by atoms with Crippen molar-refractivity contribution in [2.75, 3.05) is 37.4 Å². The summed E-state index contributed by atoms with van der Waals surface area (Å²) in [4.78, 5) is 35.5. The first kappa shape index (κ1) is 20.9. The van der Waals surface area contributed by atoms with Gasteiger partial charge < -0.3 is 26.4 Å². The predicted molar refractivity (Wildman–Crippen MR) is 107 cm³/mol. The van der Waals surface area contributed by atoms with Crippen molar-refractivity contribution in [3.8, 4) is 0 Å². The Bertz CT molecular complexity index is 838. The number of nitrogens with two attached hydrogens (primary N) is 1. The van der Waals surface area contributed by atoms with E-state index >= 15 is 0 Å². The number of nitrogens with one attached hydrogen (secondary N) is 3. The largest absolute Gasteiger partial charge is 0.385 e. The molecule has 5 N–H and O–H groups in total. The van der Waals surface area contributed by atoms with Gasteiger partial charge in [-0.2, -0.15) is 0 Å². The van der Waals surface area contributed by atoms with Crippen LogP contribution >= 0.6 is 0 Å². The average Bonchev–Trinajstić information content (AvgIpc) is 2.70. The molecule has 0 saturated carbocycles. The van der Waals surface area contributed by atoms with Crippen molar-refractivity contribution in [1.29, 1.82) is 0 Å². The zero-order valence-corrected chi connectivity index (χ0v) is 15.7. The SMILES string of the molecule is COCCCNC(=O)c1cccc(NC(=O)CNc2cccc(C(N)=O)c2)c1. The van der Waals surface area contributed by atoms with Crippen molar-refractivity contribution in [2.45, 2.75) is 6.42 Å². The Balaban J connectivity index is 1.87. The summed E-state index contributed by atoms with van der Waals surface area (Å²) < 4.78 is 4.94. The number of carbonyl (C=O) groups is 3. The van der Waals surface area contributed by atoms with Gasteiger partial charge in [0.15, 0.2) is 0 Å². The second-order valence-corrected chi connectivity index (χ2v) is 6.03. The molecule has 148 valence electrons. The summed E-state index contributed by atoms with van der Waals surface area (Å²) >= 11 is 0. The molecule has 0 aliphatic rings. The van der Waals surface area contributed by atoms with Crippen LogP contribution < -0.4 is 21.7 Å². The van der Waals surface area contributed by atoms with Crippen LogP contribution in [-0.2, 0) is 9.53 Å². The highest BCUT2D eigenvalue weighted by atomic mass is 16.5. The van der Waals surface area contributed by atoms with Crippen molar-refractivity contribution in [1.82, 2.24) is 5.32 Å². The monoisotopic (exact) mass is 384 g/mol. The fraction of sp³-hybridized carbons (Fsp3) is 0.250. The molecule has 0 aliphatic heterocycles. The zero-order chi connectivity index (χ0) is 20.4. The maximum atomic E-state index is 12.1. The van der Waals surface area contributed by atoms with Crippen molar-refractivity contribution >= 4 is 29.1 Å². The Morgan fingerprint density at radius 2 is 1.68 bits per heavy atom. The van der Waals surface area contributed by atoms with Gasteiger partial charge in [0.25, 0.3) is 5.91 Å². The number of rotatable bonds is 10. The van der Waals surface area contributed by atoms with Crippen molar-refractivity contribution in [3.05, 3.63) is 59.7 Å². The number of benzene rings is 2. The van der Waals surface area contributed by atoms with Gasteiger partial charge in [0.05, 0.1) is 6.54 Å². The second kappa shape index (κ2) is 10.7. The highest BCUT2D eigenvalue weighted by Crippen LogP contribution is 2.12. The molecule has 8 nitrogen and oxygen atoms in total. The first-order valence-electron chi connectivity index (χ1n) is 8.80. The number of anilines is 2. The molecular formula is C20H24N4O4. The minimum atomic E-state index is -0.537. The second-order valence-electron chi connectivity index (χ2n) is 6.03. The molecule has 28 heavy (non-hydrogen) atoms. The lowest BCUT2D eigenvalue weighted by atomic mass is 10.2. The number of amides is 3. The van der Waals surface area contributed by atoms with Gasteiger partial charge in [-0.25, -0.2) is 0 Å². The summed E-state index contributed by atoms with van der Waals surface area (Å²) in [5.41, 5.74) is 7.17. The maximum Gasteiger partial charge on any atom is 0.251 e. The van der Waals surface area contributed by atoms with E-state index in [4.69, 9.17) is 10.5 Å². The highest BCUT2D eigenvalue weighted by molar-refractivity contribution is 5.98. The summed E-state index contributed by atoms with van der Waals surface area (Å²) in [5, 5.41) is 8.45. The zero-order valence-electron chi connectivity index (χ0n) is 15.7. The molecule has 0 unspecified atom stereocenters. The van der Waals surface area contributed by atoms with Crippen LogP contribution in [0, 0.1) is 0 Å². The van der Waals surface area contributed by atoms with Gasteiger partial charge in [0, 0.05) is 42.8 Å². The molecule has 0 saturated heterocycles. The van der Waals surface area contributed by atoms with Crippen molar-refractivity contribution < 1.29 is 19.1 Å². The quantitative estimate of drug-likeness (QED) is 0.464. The van der Waals surface area contributed by atoms with Crippen LogP contribution in [0.25, 0.3) is 0 Å². The molecule has 0 fully saturated rings. The molecular weight excluding hydrogens is 360 g/mol. The topological polar surface area (TPSA) is 123 Å². The fourth-order valence-corrected chi connectivity index (χ4v) is 2.43. The molecule has 0 bridgehead atoms. The summed E-state index contributed by atoms with van der Waals surface area (Å²) in [6, 6.07) is 13.3. The van der Waals surface area contributed by atoms with Gasteiger partial charge in [-0.1, -0.05) is 12.1 Å². The van der Waals surface area contributed by atoms with Gasteiger partial charge in [-0.15, -0.1) is 0 Å². The lowest BCUT2D eigenvalue weighted by molar-refractivity contribution is -0.114. The van der Waals surface area contributed by atoms with Crippen LogP contribution in [0.2, 0.25) is 0 Å². The first-order chi connectivity index (χ1) is 13.5. The van der Waals surface area contributed by atoms with E-state index in [-0.39, 0.29) is 18.4 Å². The Hall–Kier alpha value is -3.39. The van der Waals surface area contributed by atoms with E-state index in [1.165, 1.54) is 0 Å². The number of primary amides is 1. The number of ether oxygens (including phenoxy) is 1. The van der Waals surface area contributed by atoms with E-state index in [0.717, 1.165) is 6.42 Å². The third-order valence-corrected chi connectivity index (χ3v) is 3.82. The number of hydrogen-bond acceptors (Lipinski definition) is 5. The molecule has 2 rings (SSSR count). The van der Waals surface area contributed by atoms with Crippen molar-refractivity contribution in [3.63, 3.8) is 0 Å². The Kier molecular flexibility index (Phi) is 7.98. The summed E-state index contributed by atoms with van der Waals surface area (Å²) in [7, 11) is 1.61. The van der Waals surface area contributed by atoms with Gasteiger partial charge >= 0.3 is 0 Å². The van der Waals surface area contributed by atoms with Crippen LogP contribution in [-0.4, -0.2) is 44.5 Å². The third kappa shape index (κ3) is 6.73. The van der Waals surface area contributed by atoms with E-state index in [9.17, 15) is 14.4 Å². The van der Waals surface area contributed by atoms with Crippen LogP contribution in [0.4, 0.5) is 11.4 Å². The fourth-order valence-electron chi connectivity index (χ4n) is 2.43. The molecule has 8 heteroatoms. The minimum Gasteiger partial charge on any atom is -0.385 e. The Labute approximate surface area is 163 Å². The van der Waals surface area contributed by atoms with E-state index in [1.807, 2.05) is 0 Å². The summed E-state index contributed by atoms with van der Waals surface area (Å²) in [6.45, 7) is 1.08. The Morgan fingerprint density at radius 1 is 1.00 bits per heavy atom. The Morgan fingerprint density at radius 3 is 2.39 bits per heavy atom.